The molecule has 0 aliphatic heterocycles. The van der Waals surface area contributed by atoms with Crippen LogP contribution >= 0.6 is 0 Å². The second-order valence-corrected chi connectivity index (χ2v) is 4.05. The van der Waals surface area contributed by atoms with E-state index in [1.165, 1.54) is 0 Å². The lowest BCUT2D eigenvalue weighted by atomic mass is 9.74. The van der Waals surface area contributed by atoms with Crippen molar-refractivity contribution in [2.45, 2.75) is 50.2 Å². The van der Waals surface area contributed by atoms with Gasteiger partial charge in [0.25, 0.3) is 0 Å². The average molecular weight is 209 g/mol. The van der Waals surface area contributed by atoms with E-state index in [9.17, 15) is 18.0 Å². The molecule has 0 spiro atoms. The molecule has 0 radical (unpaired) electrons. The second-order valence-electron chi connectivity index (χ2n) is 4.05. The lowest BCUT2D eigenvalue weighted by molar-refractivity contribution is -0.144. The fourth-order valence-electron chi connectivity index (χ4n) is 1.57. The molecule has 14 heavy (non-hydrogen) atoms. The Morgan fingerprint density at radius 1 is 1.36 bits per heavy atom. The SMILES string of the molecule is NC1(CC(=O)CCC(F)(F)F)CCC1. The highest BCUT2D eigenvalue weighted by Crippen LogP contribution is 2.33. The van der Waals surface area contributed by atoms with Crippen LogP contribution in [0, 0.1) is 0 Å². The van der Waals surface area contributed by atoms with Gasteiger partial charge in [0.15, 0.2) is 0 Å². The van der Waals surface area contributed by atoms with Crippen LogP contribution in [0.25, 0.3) is 0 Å². The molecule has 2 nitrogen and oxygen atoms in total. The Balaban J connectivity index is 2.22. The summed E-state index contributed by atoms with van der Waals surface area (Å²) in [7, 11) is 0. The molecule has 0 amide bonds. The molecule has 1 fully saturated rings. The van der Waals surface area contributed by atoms with Crippen LogP contribution in [-0.4, -0.2) is 17.5 Å². The van der Waals surface area contributed by atoms with E-state index in [1.54, 1.807) is 0 Å². The molecule has 0 atom stereocenters. The van der Waals surface area contributed by atoms with E-state index in [0.717, 1.165) is 19.3 Å². The van der Waals surface area contributed by atoms with Gasteiger partial charge in [-0.25, -0.2) is 0 Å². The van der Waals surface area contributed by atoms with Gasteiger partial charge in [0, 0.05) is 18.4 Å². The van der Waals surface area contributed by atoms with Gasteiger partial charge >= 0.3 is 6.18 Å². The number of rotatable bonds is 4. The Hall–Kier alpha value is -0.580. The van der Waals surface area contributed by atoms with Gasteiger partial charge in [-0.15, -0.1) is 0 Å². The fourth-order valence-corrected chi connectivity index (χ4v) is 1.57. The maximum Gasteiger partial charge on any atom is 0.389 e. The molecule has 2 N–H and O–H groups in total. The summed E-state index contributed by atoms with van der Waals surface area (Å²) in [5.74, 6) is -0.371. The zero-order valence-corrected chi connectivity index (χ0v) is 7.86. The summed E-state index contributed by atoms with van der Waals surface area (Å²) in [6, 6.07) is 0. The van der Waals surface area contributed by atoms with Crippen LogP contribution in [-0.2, 0) is 4.79 Å². The number of alkyl halides is 3. The zero-order chi connectivity index (χ0) is 10.8. The van der Waals surface area contributed by atoms with Crippen LogP contribution in [0.15, 0.2) is 0 Å². The highest BCUT2D eigenvalue weighted by atomic mass is 19.4. The third-order valence-corrected chi connectivity index (χ3v) is 2.59. The van der Waals surface area contributed by atoms with Gasteiger partial charge in [-0.05, 0) is 19.3 Å². The molecular weight excluding hydrogens is 195 g/mol. The summed E-state index contributed by atoms with van der Waals surface area (Å²) in [5.41, 5.74) is 5.24. The molecule has 5 heteroatoms. The summed E-state index contributed by atoms with van der Waals surface area (Å²) in [4.78, 5) is 11.1. The number of nitrogens with two attached hydrogens (primary N) is 1. The summed E-state index contributed by atoms with van der Waals surface area (Å²) in [5, 5.41) is 0. The smallest absolute Gasteiger partial charge is 0.325 e. The summed E-state index contributed by atoms with van der Waals surface area (Å²) < 4.78 is 35.3. The fraction of sp³-hybridized carbons (Fsp3) is 0.889. The van der Waals surface area contributed by atoms with Crippen molar-refractivity contribution in [1.82, 2.24) is 0 Å². The molecule has 1 saturated carbocycles. The first-order valence-corrected chi connectivity index (χ1v) is 4.68. The normalized spacial score (nSPS) is 20.3. The monoisotopic (exact) mass is 209 g/mol. The van der Waals surface area contributed by atoms with Gasteiger partial charge in [-0.2, -0.15) is 13.2 Å². The molecular formula is C9H14F3NO. The molecule has 0 saturated heterocycles. The number of carbonyl (C=O) groups is 1. The first-order valence-electron chi connectivity index (χ1n) is 4.68. The van der Waals surface area contributed by atoms with E-state index in [2.05, 4.69) is 0 Å². The lowest BCUT2D eigenvalue weighted by Gasteiger charge is -2.37. The topological polar surface area (TPSA) is 43.1 Å². The Morgan fingerprint density at radius 3 is 2.29 bits per heavy atom. The number of hydrogen-bond acceptors (Lipinski definition) is 2. The zero-order valence-electron chi connectivity index (χ0n) is 7.86. The molecule has 0 bridgehead atoms. The molecule has 0 aromatic carbocycles. The minimum Gasteiger partial charge on any atom is -0.325 e. The Kier molecular flexibility index (Phi) is 3.19. The molecule has 0 heterocycles. The number of ketones is 1. The third kappa shape index (κ3) is 3.65. The van der Waals surface area contributed by atoms with Gasteiger partial charge in [-0.1, -0.05) is 0 Å². The largest absolute Gasteiger partial charge is 0.389 e. The van der Waals surface area contributed by atoms with Crippen LogP contribution in [0.3, 0.4) is 0 Å². The van der Waals surface area contributed by atoms with Crippen LogP contribution in [0.2, 0.25) is 0 Å². The standard InChI is InChI=1S/C9H14F3NO/c10-9(11,12)5-2-7(14)6-8(13)3-1-4-8/h1-6,13H2. The molecule has 0 aromatic heterocycles. The summed E-state index contributed by atoms with van der Waals surface area (Å²) >= 11 is 0. The van der Waals surface area contributed by atoms with E-state index in [4.69, 9.17) is 5.73 Å². The van der Waals surface area contributed by atoms with Crippen molar-refractivity contribution in [1.29, 1.82) is 0 Å². The number of Topliss-reactive ketones (excluding diaryl/α,β-unsaturated/α-hetero) is 1. The molecule has 1 rings (SSSR count). The van der Waals surface area contributed by atoms with Gasteiger partial charge < -0.3 is 5.73 Å². The first-order chi connectivity index (χ1) is 6.31. The number of hydrogen-bond donors (Lipinski definition) is 1. The lowest BCUT2D eigenvalue weighted by Crippen LogP contribution is -2.48. The summed E-state index contributed by atoms with van der Waals surface area (Å²) in [6.45, 7) is 0. The second kappa shape index (κ2) is 3.88. The van der Waals surface area contributed by atoms with Crippen LogP contribution in [0.4, 0.5) is 13.2 Å². The molecule has 0 aromatic rings. The van der Waals surface area contributed by atoms with Crippen molar-refractivity contribution in [3.8, 4) is 0 Å². The number of carbonyl (C=O) groups excluding carboxylic acids is 1. The van der Waals surface area contributed by atoms with E-state index < -0.39 is 24.6 Å². The minimum atomic E-state index is -4.24. The molecule has 1 aliphatic rings. The van der Waals surface area contributed by atoms with Gasteiger partial charge in [0.1, 0.15) is 5.78 Å². The van der Waals surface area contributed by atoms with Crippen molar-refractivity contribution in [2.24, 2.45) is 5.73 Å². The van der Waals surface area contributed by atoms with E-state index in [-0.39, 0.29) is 12.2 Å². The highest BCUT2D eigenvalue weighted by molar-refractivity contribution is 5.79. The minimum absolute atomic E-state index is 0.100. The van der Waals surface area contributed by atoms with Crippen molar-refractivity contribution in [3.05, 3.63) is 0 Å². The maximum atomic E-state index is 11.8. The Bertz CT molecular complexity index is 221. The maximum absolute atomic E-state index is 11.8. The van der Waals surface area contributed by atoms with E-state index in [1.807, 2.05) is 0 Å². The van der Waals surface area contributed by atoms with Crippen molar-refractivity contribution in [3.63, 3.8) is 0 Å². The average Bonchev–Trinajstić information content (AvgIpc) is 1.97. The van der Waals surface area contributed by atoms with Gasteiger partial charge in [0.2, 0.25) is 0 Å². The quantitative estimate of drug-likeness (QED) is 0.771. The molecule has 82 valence electrons. The van der Waals surface area contributed by atoms with Gasteiger partial charge in [0.05, 0.1) is 6.42 Å². The van der Waals surface area contributed by atoms with E-state index >= 15 is 0 Å². The van der Waals surface area contributed by atoms with Crippen LogP contribution in [0.5, 0.6) is 0 Å². The predicted octanol–water partition coefficient (Wildman–Crippen LogP) is 2.17. The van der Waals surface area contributed by atoms with Crippen LogP contribution in [0.1, 0.15) is 38.5 Å². The van der Waals surface area contributed by atoms with Gasteiger partial charge in [-0.3, -0.25) is 4.79 Å². The predicted molar refractivity (Wildman–Crippen MR) is 45.7 cm³/mol. The van der Waals surface area contributed by atoms with E-state index in [0.29, 0.717) is 0 Å². The Labute approximate surface area is 80.7 Å². The molecule has 1 aliphatic carbocycles. The van der Waals surface area contributed by atoms with Crippen molar-refractivity contribution in [2.75, 3.05) is 0 Å². The summed E-state index contributed by atoms with van der Waals surface area (Å²) in [6.07, 6.45) is -3.11. The van der Waals surface area contributed by atoms with Crippen LogP contribution < -0.4 is 5.73 Å². The highest BCUT2D eigenvalue weighted by Gasteiger charge is 2.35. The Morgan fingerprint density at radius 2 is 1.93 bits per heavy atom. The van der Waals surface area contributed by atoms with Crippen molar-refractivity contribution >= 4 is 5.78 Å². The van der Waals surface area contributed by atoms with Crippen molar-refractivity contribution < 1.29 is 18.0 Å². The molecule has 0 unspecified atom stereocenters. The first kappa shape index (κ1) is 11.5. The number of halogens is 3. The third-order valence-electron chi connectivity index (χ3n) is 2.59.